The molecule has 3 rings (SSSR count). The molecule has 0 aliphatic carbocycles. The summed E-state index contributed by atoms with van der Waals surface area (Å²) >= 11 is 7.45. The van der Waals surface area contributed by atoms with Gasteiger partial charge in [0.05, 0.1) is 15.5 Å². The third kappa shape index (κ3) is 3.64. The molecule has 5 nitrogen and oxygen atoms in total. The van der Waals surface area contributed by atoms with Crippen molar-refractivity contribution in [2.75, 3.05) is 0 Å². The monoisotopic (exact) mass is 396 g/mol. The van der Waals surface area contributed by atoms with E-state index in [0.717, 1.165) is 21.7 Å². The molecule has 1 aromatic carbocycles. The summed E-state index contributed by atoms with van der Waals surface area (Å²) < 4.78 is 33.3. The lowest BCUT2D eigenvalue weighted by molar-refractivity contribution is 0.427. The van der Waals surface area contributed by atoms with Gasteiger partial charge in [0.2, 0.25) is 10.0 Å². The Morgan fingerprint density at radius 1 is 1.24 bits per heavy atom. The number of nitrogens with zero attached hydrogens (tertiary/aromatic N) is 1. The minimum atomic E-state index is -3.66. The Bertz CT molecular complexity index is 1020. The van der Waals surface area contributed by atoms with Gasteiger partial charge in [-0.2, -0.15) is 0 Å². The molecule has 1 N–H and O–H groups in total. The lowest BCUT2D eigenvalue weighted by atomic mass is 10.2. The summed E-state index contributed by atoms with van der Waals surface area (Å²) in [6.45, 7) is 5.66. The maximum absolute atomic E-state index is 12.7. The number of aromatic nitrogens is 1. The number of halogens is 1. The molecular weight excluding hydrogens is 380 g/mol. The predicted octanol–water partition coefficient (Wildman–Crippen LogP) is 4.46. The fourth-order valence-corrected chi connectivity index (χ4v) is 5.21. The zero-order valence-electron chi connectivity index (χ0n) is 14.0. The predicted molar refractivity (Wildman–Crippen MR) is 99.5 cm³/mol. The second-order valence-corrected chi connectivity index (χ2v) is 9.07. The zero-order valence-corrected chi connectivity index (χ0v) is 16.3. The fraction of sp³-hybridized carbons (Fsp3) is 0.235. The lowest BCUT2D eigenvalue weighted by Crippen LogP contribution is -2.23. The van der Waals surface area contributed by atoms with E-state index in [0.29, 0.717) is 15.7 Å². The van der Waals surface area contributed by atoms with Crippen molar-refractivity contribution in [2.45, 2.75) is 32.2 Å². The Labute approximate surface area is 155 Å². The van der Waals surface area contributed by atoms with Gasteiger partial charge in [0, 0.05) is 22.0 Å². The number of nitrogens with one attached hydrogen (secondary N) is 1. The van der Waals surface area contributed by atoms with Crippen molar-refractivity contribution in [2.24, 2.45) is 0 Å². The molecule has 0 radical (unpaired) electrons. The van der Waals surface area contributed by atoms with Crippen molar-refractivity contribution in [1.82, 2.24) is 9.88 Å². The van der Waals surface area contributed by atoms with Gasteiger partial charge in [0.25, 0.3) is 0 Å². The van der Waals surface area contributed by atoms with Crippen LogP contribution in [0.3, 0.4) is 0 Å². The van der Waals surface area contributed by atoms with E-state index in [2.05, 4.69) is 9.88 Å². The standard InChI is InChI=1S/C17H17ClN2O3S2/c1-10-11(2)20-23-17(10)15-8-16(12(3)24-15)25(21,22)19-9-13-6-4-5-7-14(13)18/h4-8,19H,9H2,1-3H3. The van der Waals surface area contributed by atoms with Crippen molar-refractivity contribution in [3.05, 3.63) is 57.1 Å². The van der Waals surface area contributed by atoms with Crippen LogP contribution in [0.15, 0.2) is 39.8 Å². The van der Waals surface area contributed by atoms with E-state index in [-0.39, 0.29) is 11.4 Å². The van der Waals surface area contributed by atoms with E-state index in [1.54, 1.807) is 31.2 Å². The molecule has 0 amide bonds. The first-order valence-corrected chi connectivity index (χ1v) is 10.2. The highest BCUT2D eigenvalue weighted by molar-refractivity contribution is 7.89. The van der Waals surface area contributed by atoms with Crippen molar-refractivity contribution in [3.63, 3.8) is 0 Å². The first kappa shape index (κ1) is 18.1. The van der Waals surface area contributed by atoms with Crippen LogP contribution in [-0.4, -0.2) is 13.6 Å². The highest BCUT2D eigenvalue weighted by Gasteiger charge is 2.23. The average molecular weight is 397 g/mol. The maximum Gasteiger partial charge on any atom is 0.241 e. The zero-order chi connectivity index (χ0) is 18.2. The Morgan fingerprint density at radius 3 is 2.60 bits per heavy atom. The molecule has 0 saturated carbocycles. The minimum Gasteiger partial charge on any atom is -0.355 e. The molecular formula is C17H17ClN2O3S2. The van der Waals surface area contributed by atoms with Crippen LogP contribution >= 0.6 is 22.9 Å². The quantitative estimate of drug-likeness (QED) is 0.691. The molecule has 0 saturated heterocycles. The van der Waals surface area contributed by atoms with Gasteiger partial charge in [-0.15, -0.1) is 11.3 Å². The molecule has 2 heterocycles. The second kappa shape index (κ2) is 6.92. The molecule has 0 spiro atoms. The number of rotatable bonds is 5. The van der Waals surface area contributed by atoms with Gasteiger partial charge >= 0.3 is 0 Å². The van der Waals surface area contributed by atoms with Gasteiger partial charge in [-0.1, -0.05) is 35.0 Å². The van der Waals surface area contributed by atoms with E-state index in [1.165, 1.54) is 11.3 Å². The summed E-state index contributed by atoms with van der Waals surface area (Å²) in [5.41, 5.74) is 2.43. The fourth-order valence-electron chi connectivity index (χ4n) is 2.38. The molecule has 0 atom stereocenters. The molecule has 25 heavy (non-hydrogen) atoms. The van der Waals surface area contributed by atoms with Gasteiger partial charge in [0.1, 0.15) is 0 Å². The van der Waals surface area contributed by atoms with Crippen LogP contribution in [0.5, 0.6) is 0 Å². The summed E-state index contributed by atoms with van der Waals surface area (Å²) in [6, 6.07) is 8.77. The summed E-state index contributed by atoms with van der Waals surface area (Å²) in [5.74, 6) is 0.609. The van der Waals surface area contributed by atoms with Crippen LogP contribution < -0.4 is 4.72 Å². The number of hydrogen-bond acceptors (Lipinski definition) is 5. The van der Waals surface area contributed by atoms with E-state index >= 15 is 0 Å². The van der Waals surface area contributed by atoms with Gasteiger partial charge in [-0.05, 0) is 38.5 Å². The number of sulfonamides is 1. The Hall–Kier alpha value is -1.67. The van der Waals surface area contributed by atoms with Crippen LogP contribution in [0, 0.1) is 20.8 Å². The number of benzene rings is 1. The molecule has 2 aromatic heterocycles. The van der Waals surface area contributed by atoms with Crippen molar-refractivity contribution < 1.29 is 12.9 Å². The van der Waals surface area contributed by atoms with E-state index in [9.17, 15) is 8.42 Å². The van der Waals surface area contributed by atoms with Crippen molar-refractivity contribution >= 4 is 33.0 Å². The van der Waals surface area contributed by atoms with Gasteiger partial charge in [0.15, 0.2) is 5.76 Å². The Balaban J connectivity index is 1.88. The van der Waals surface area contributed by atoms with Crippen LogP contribution in [0.1, 0.15) is 21.7 Å². The Kier molecular flexibility index (Phi) is 5.02. The third-order valence-corrected chi connectivity index (χ3v) is 7.03. The SMILES string of the molecule is Cc1noc(-c2cc(S(=O)(=O)NCc3ccccc3Cl)c(C)s2)c1C. The largest absolute Gasteiger partial charge is 0.355 e. The summed E-state index contributed by atoms with van der Waals surface area (Å²) in [6.07, 6.45) is 0. The first-order chi connectivity index (χ1) is 11.8. The van der Waals surface area contributed by atoms with Crippen LogP contribution in [0.4, 0.5) is 0 Å². The number of hydrogen-bond donors (Lipinski definition) is 1. The average Bonchev–Trinajstić information content (AvgIpc) is 3.10. The lowest BCUT2D eigenvalue weighted by Gasteiger charge is -2.07. The minimum absolute atomic E-state index is 0.132. The summed E-state index contributed by atoms with van der Waals surface area (Å²) in [5, 5.41) is 4.46. The normalized spacial score (nSPS) is 11.8. The highest BCUT2D eigenvalue weighted by atomic mass is 35.5. The molecule has 132 valence electrons. The number of aryl methyl sites for hydroxylation is 2. The smallest absolute Gasteiger partial charge is 0.241 e. The third-order valence-electron chi connectivity index (χ3n) is 3.95. The van der Waals surface area contributed by atoms with Crippen molar-refractivity contribution in [3.8, 4) is 10.6 Å². The Morgan fingerprint density at radius 2 is 1.96 bits per heavy atom. The van der Waals surface area contributed by atoms with Crippen LogP contribution in [-0.2, 0) is 16.6 Å². The topological polar surface area (TPSA) is 72.2 Å². The van der Waals surface area contributed by atoms with Crippen molar-refractivity contribution in [1.29, 1.82) is 0 Å². The first-order valence-electron chi connectivity index (χ1n) is 7.56. The molecule has 3 aromatic rings. The summed E-state index contributed by atoms with van der Waals surface area (Å²) in [4.78, 5) is 1.68. The molecule has 0 fully saturated rings. The van der Waals surface area contributed by atoms with Gasteiger partial charge < -0.3 is 4.52 Å². The molecule has 0 bridgehead atoms. The van der Waals surface area contributed by atoms with Crippen LogP contribution in [0.25, 0.3) is 10.6 Å². The maximum atomic E-state index is 12.7. The molecule has 0 aliphatic heterocycles. The van der Waals surface area contributed by atoms with Gasteiger partial charge in [-0.3, -0.25) is 0 Å². The van der Waals surface area contributed by atoms with E-state index < -0.39 is 10.0 Å². The highest BCUT2D eigenvalue weighted by Crippen LogP contribution is 2.36. The summed E-state index contributed by atoms with van der Waals surface area (Å²) in [7, 11) is -3.66. The van der Waals surface area contributed by atoms with E-state index in [4.69, 9.17) is 16.1 Å². The second-order valence-electron chi connectivity index (χ2n) is 5.67. The van der Waals surface area contributed by atoms with Crippen LogP contribution in [0.2, 0.25) is 5.02 Å². The number of thiophene rings is 1. The van der Waals surface area contributed by atoms with E-state index in [1.807, 2.05) is 19.9 Å². The van der Waals surface area contributed by atoms with Gasteiger partial charge in [-0.25, -0.2) is 13.1 Å². The molecule has 0 aliphatic rings. The molecule has 0 unspecified atom stereocenters. The molecule has 8 heteroatoms.